The number of rotatable bonds is 9. The second-order valence-corrected chi connectivity index (χ2v) is 8.01. The van der Waals surface area contributed by atoms with Crippen molar-refractivity contribution in [1.82, 2.24) is 15.2 Å². The zero-order valence-electron chi connectivity index (χ0n) is 17.9. The lowest BCUT2D eigenvalue weighted by molar-refractivity contribution is 0.00990. The highest BCUT2D eigenvalue weighted by molar-refractivity contribution is 14.0. The second kappa shape index (κ2) is 14.0. The van der Waals surface area contributed by atoms with Crippen molar-refractivity contribution in [2.24, 2.45) is 4.99 Å². The Kier molecular flexibility index (Phi) is 11.6. The number of nitrogens with one attached hydrogen (secondary N) is 1. The van der Waals surface area contributed by atoms with Crippen molar-refractivity contribution in [2.75, 3.05) is 40.0 Å². The summed E-state index contributed by atoms with van der Waals surface area (Å²) < 4.78 is 11.1. The van der Waals surface area contributed by atoms with E-state index in [0.29, 0.717) is 12.6 Å². The number of methoxy groups -OCH3 is 1. The van der Waals surface area contributed by atoms with Crippen molar-refractivity contribution in [3.63, 3.8) is 0 Å². The third-order valence-electron chi connectivity index (χ3n) is 4.91. The number of nitrogens with zero attached hydrogens (tertiary/aromatic N) is 3. The molecule has 8 heteroatoms. The van der Waals surface area contributed by atoms with E-state index in [1.54, 1.807) is 18.4 Å². The number of thiazole rings is 1. The predicted molar refractivity (Wildman–Crippen MR) is 135 cm³/mol. The molecule has 1 saturated heterocycles. The molecule has 0 aliphatic carbocycles. The molecule has 1 aliphatic rings. The van der Waals surface area contributed by atoms with Crippen LogP contribution in [0.4, 0.5) is 0 Å². The maximum absolute atomic E-state index is 5.97. The fraction of sp³-hybridized carbons (Fsp3) is 0.545. The minimum absolute atomic E-state index is 0. The van der Waals surface area contributed by atoms with Crippen molar-refractivity contribution in [1.29, 1.82) is 0 Å². The van der Waals surface area contributed by atoms with Gasteiger partial charge in [0.05, 0.1) is 18.3 Å². The average molecular weight is 545 g/mol. The maximum Gasteiger partial charge on any atom is 0.194 e. The number of aromatic nitrogens is 1. The predicted octanol–water partition coefficient (Wildman–Crippen LogP) is 4.41. The van der Waals surface area contributed by atoms with E-state index >= 15 is 0 Å². The number of piperidine rings is 1. The van der Waals surface area contributed by atoms with Gasteiger partial charge in [-0.1, -0.05) is 30.3 Å². The largest absolute Gasteiger partial charge is 0.385 e. The first kappa shape index (κ1) is 25.0. The van der Waals surface area contributed by atoms with Gasteiger partial charge in [0.15, 0.2) is 5.96 Å². The molecule has 2 aromatic rings. The third-order valence-corrected chi connectivity index (χ3v) is 5.74. The number of benzene rings is 1. The van der Waals surface area contributed by atoms with Crippen molar-refractivity contribution in [3.8, 4) is 11.3 Å². The van der Waals surface area contributed by atoms with E-state index in [0.717, 1.165) is 74.3 Å². The van der Waals surface area contributed by atoms with Crippen LogP contribution in [0, 0.1) is 0 Å². The smallest absolute Gasteiger partial charge is 0.194 e. The summed E-state index contributed by atoms with van der Waals surface area (Å²) in [4.78, 5) is 11.9. The Morgan fingerprint density at radius 2 is 2.00 bits per heavy atom. The molecule has 0 radical (unpaired) electrons. The zero-order chi connectivity index (χ0) is 20.3. The number of ether oxygens (including phenoxy) is 2. The van der Waals surface area contributed by atoms with Crippen LogP contribution >= 0.6 is 35.3 Å². The lowest BCUT2D eigenvalue weighted by Gasteiger charge is -2.34. The van der Waals surface area contributed by atoms with Crippen molar-refractivity contribution in [2.45, 2.75) is 38.8 Å². The first-order valence-electron chi connectivity index (χ1n) is 10.4. The van der Waals surface area contributed by atoms with E-state index in [2.05, 4.69) is 34.7 Å². The van der Waals surface area contributed by atoms with E-state index in [1.807, 2.05) is 18.2 Å². The van der Waals surface area contributed by atoms with Gasteiger partial charge in [0, 0.05) is 50.9 Å². The highest BCUT2D eigenvalue weighted by atomic mass is 127. The molecule has 166 valence electrons. The quantitative estimate of drug-likeness (QED) is 0.219. The van der Waals surface area contributed by atoms with Gasteiger partial charge in [-0.2, -0.15) is 0 Å². The van der Waals surface area contributed by atoms with Crippen LogP contribution in [0.25, 0.3) is 11.3 Å². The molecular weight excluding hydrogens is 511 g/mol. The first-order chi connectivity index (χ1) is 14.3. The van der Waals surface area contributed by atoms with Crippen LogP contribution in [0.15, 0.2) is 40.7 Å². The molecule has 0 saturated carbocycles. The van der Waals surface area contributed by atoms with Gasteiger partial charge in [-0.3, -0.25) is 0 Å². The summed E-state index contributed by atoms with van der Waals surface area (Å²) in [6.45, 7) is 7.05. The number of likely N-dealkylation sites (tertiary alicyclic amines) is 1. The Hall–Kier alpha value is -1.23. The minimum Gasteiger partial charge on any atom is -0.385 e. The lowest BCUT2D eigenvalue weighted by Crippen LogP contribution is -2.47. The SMILES string of the molecule is CCNC(=NCc1nc(-c2ccccc2)cs1)N1CCC(OCCCOC)CC1.I. The molecule has 1 N–H and O–H groups in total. The van der Waals surface area contributed by atoms with E-state index in [1.165, 1.54) is 0 Å². The van der Waals surface area contributed by atoms with Gasteiger partial charge in [0.2, 0.25) is 0 Å². The highest BCUT2D eigenvalue weighted by Crippen LogP contribution is 2.22. The highest BCUT2D eigenvalue weighted by Gasteiger charge is 2.22. The molecule has 6 nitrogen and oxygen atoms in total. The molecule has 0 amide bonds. The van der Waals surface area contributed by atoms with Gasteiger partial charge in [-0.25, -0.2) is 9.98 Å². The molecule has 0 unspecified atom stereocenters. The summed E-state index contributed by atoms with van der Waals surface area (Å²) in [6, 6.07) is 10.3. The van der Waals surface area contributed by atoms with Gasteiger partial charge >= 0.3 is 0 Å². The van der Waals surface area contributed by atoms with Crippen LogP contribution in [0.2, 0.25) is 0 Å². The topological polar surface area (TPSA) is 59.0 Å². The van der Waals surface area contributed by atoms with Crippen molar-refractivity contribution in [3.05, 3.63) is 40.7 Å². The summed E-state index contributed by atoms with van der Waals surface area (Å²) >= 11 is 1.67. The van der Waals surface area contributed by atoms with Crippen LogP contribution in [0.5, 0.6) is 0 Å². The van der Waals surface area contributed by atoms with E-state index in [4.69, 9.17) is 19.5 Å². The second-order valence-electron chi connectivity index (χ2n) is 7.07. The van der Waals surface area contributed by atoms with Crippen LogP contribution in [-0.2, 0) is 16.0 Å². The maximum atomic E-state index is 5.97. The Morgan fingerprint density at radius 3 is 2.70 bits per heavy atom. The summed E-state index contributed by atoms with van der Waals surface area (Å²) in [5, 5.41) is 6.58. The van der Waals surface area contributed by atoms with Crippen LogP contribution in [-0.4, -0.2) is 61.9 Å². The normalized spacial score (nSPS) is 15.1. The lowest BCUT2D eigenvalue weighted by atomic mass is 10.1. The number of guanidine groups is 1. The van der Waals surface area contributed by atoms with Gasteiger partial charge in [0.25, 0.3) is 0 Å². The number of hydrogen-bond donors (Lipinski definition) is 1. The summed E-state index contributed by atoms with van der Waals surface area (Å²) in [7, 11) is 1.73. The monoisotopic (exact) mass is 544 g/mol. The molecule has 1 aromatic carbocycles. The van der Waals surface area contributed by atoms with Gasteiger partial charge < -0.3 is 19.7 Å². The molecule has 3 rings (SSSR count). The molecule has 0 bridgehead atoms. The van der Waals surface area contributed by atoms with E-state index in [9.17, 15) is 0 Å². The molecule has 1 fully saturated rings. The zero-order valence-corrected chi connectivity index (χ0v) is 21.0. The van der Waals surface area contributed by atoms with Crippen LogP contribution < -0.4 is 5.32 Å². The van der Waals surface area contributed by atoms with E-state index < -0.39 is 0 Å². The van der Waals surface area contributed by atoms with Gasteiger partial charge in [0.1, 0.15) is 5.01 Å². The molecular formula is C22H33IN4O2S. The van der Waals surface area contributed by atoms with Gasteiger partial charge in [-0.15, -0.1) is 35.3 Å². The number of aliphatic imine (C=N–C) groups is 1. The Balaban J connectivity index is 0.00000320. The van der Waals surface area contributed by atoms with Crippen LogP contribution in [0.3, 0.4) is 0 Å². The fourth-order valence-corrected chi connectivity index (χ4v) is 4.11. The molecule has 2 heterocycles. The molecule has 1 aliphatic heterocycles. The Morgan fingerprint density at radius 1 is 1.23 bits per heavy atom. The van der Waals surface area contributed by atoms with E-state index in [-0.39, 0.29) is 24.0 Å². The summed E-state index contributed by atoms with van der Waals surface area (Å²) in [5.41, 5.74) is 2.18. The standard InChI is InChI=1S/C22H32N4O2S.HI/c1-3-23-22(26-12-10-19(11-13-26)28-15-7-14-27-2)24-16-21-25-20(17-29-21)18-8-5-4-6-9-18;/h4-6,8-9,17,19H,3,7,10-16H2,1-2H3,(H,23,24);1H. The average Bonchev–Trinajstić information content (AvgIpc) is 3.24. The van der Waals surface area contributed by atoms with Gasteiger partial charge in [-0.05, 0) is 26.2 Å². The molecule has 0 spiro atoms. The van der Waals surface area contributed by atoms with Crippen LogP contribution in [0.1, 0.15) is 31.2 Å². The minimum atomic E-state index is 0. The Bertz CT molecular complexity index is 749. The Labute approximate surface area is 201 Å². The van der Waals surface area contributed by atoms with Crippen molar-refractivity contribution >= 4 is 41.3 Å². The summed E-state index contributed by atoms with van der Waals surface area (Å²) in [6.07, 6.45) is 3.37. The fourth-order valence-electron chi connectivity index (χ4n) is 3.38. The number of halogens is 1. The first-order valence-corrected chi connectivity index (χ1v) is 11.3. The third kappa shape index (κ3) is 7.79. The number of hydrogen-bond acceptors (Lipinski definition) is 5. The molecule has 0 atom stereocenters. The molecule has 30 heavy (non-hydrogen) atoms. The molecule has 1 aromatic heterocycles. The summed E-state index contributed by atoms with van der Waals surface area (Å²) in [5.74, 6) is 0.974. The van der Waals surface area contributed by atoms with Crippen molar-refractivity contribution < 1.29 is 9.47 Å².